The first-order chi connectivity index (χ1) is 7.79. The van der Waals surface area contributed by atoms with Crippen LogP contribution in [-0.2, 0) is 12.6 Å². The summed E-state index contributed by atoms with van der Waals surface area (Å²) in [5.41, 5.74) is -1.96. The van der Waals surface area contributed by atoms with Gasteiger partial charge in [-0.15, -0.1) is 0 Å². The van der Waals surface area contributed by atoms with Gasteiger partial charge in [0.15, 0.2) is 0 Å². The highest BCUT2D eigenvalue weighted by molar-refractivity contribution is 9.10. The summed E-state index contributed by atoms with van der Waals surface area (Å²) in [5, 5.41) is 19.0. The third kappa shape index (κ3) is 2.74. The predicted molar refractivity (Wildman–Crippen MR) is 55.1 cm³/mol. The monoisotopic (exact) mass is 308 g/mol. The van der Waals surface area contributed by atoms with Crippen molar-refractivity contribution in [2.45, 2.75) is 12.6 Å². The van der Waals surface area contributed by atoms with E-state index in [1.54, 1.807) is 6.07 Å². The van der Waals surface area contributed by atoms with Crippen molar-refractivity contribution in [1.82, 2.24) is 0 Å². The maximum atomic E-state index is 12.6. The van der Waals surface area contributed by atoms with Crippen LogP contribution in [0.2, 0.25) is 0 Å². The lowest BCUT2D eigenvalue weighted by molar-refractivity contribution is -0.385. The highest BCUT2D eigenvalue weighted by Crippen LogP contribution is 2.39. The molecule has 8 heteroatoms. The Labute approximate surface area is 102 Å². The number of nitriles is 1. The Morgan fingerprint density at radius 1 is 1.47 bits per heavy atom. The summed E-state index contributed by atoms with van der Waals surface area (Å²) >= 11 is 2.73. The number of nitrogens with zero attached hydrogens (tertiary/aromatic N) is 2. The van der Waals surface area contributed by atoms with Gasteiger partial charge in [-0.05, 0) is 27.6 Å². The number of rotatable bonds is 2. The largest absolute Gasteiger partial charge is 0.416 e. The molecule has 0 aliphatic carbocycles. The average molecular weight is 309 g/mol. The molecular weight excluding hydrogens is 305 g/mol. The molecule has 0 radical (unpaired) electrons. The molecule has 0 atom stereocenters. The zero-order valence-corrected chi connectivity index (χ0v) is 9.67. The van der Waals surface area contributed by atoms with Crippen molar-refractivity contribution < 1.29 is 18.1 Å². The van der Waals surface area contributed by atoms with Crippen LogP contribution >= 0.6 is 15.9 Å². The quantitative estimate of drug-likeness (QED) is 0.621. The second kappa shape index (κ2) is 4.71. The topological polar surface area (TPSA) is 66.9 Å². The molecule has 0 fully saturated rings. The van der Waals surface area contributed by atoms with E-state index in [4.69, 9.17) is 5.26 Å². The first kappa shape index (κ1) is 13.4. The minimum atomic E-state index is -4.65. The Kier molecular flexibility index (Phi) is 3.72. The molecule has 0 spiro atoms. The van der Waals surface area contributed by atoms with Gasteiger partial charge in [-0.3, -0.25) is 10.1 Å². The molecule has 90 valence electrons. The number of alkyl halides is 3. The molecule has 1 aromatic rings. The van der Waals surface area contributed by atoms with Crippen molar-refractivity contribution in [3.8, 4) is 6.07 Å². The second-order valence-corrected chi connectivity index (χ2v) is 3.81. The minimum absolute atomic E-state index is 0.307. The van der Waals surface area contributed by atoms with Crippen LogP contribution in [0.25, 0.3) is 0 Å². The molecule has 0 amide bonds. The standard InChI is InChI=1S/C9H4BrF3N2O2/c10-8-5(3-4-14)6(9(11,12)13)1-2-7(8)15(16)17/h1-2H,3H2. The molecule has 0 N–H and O–H groups in total. The fourth-order valence-electron chi connectivity index (χ4n) is 1.27. The van der Waals surface area contributed by atoms with Gasteiger partial charge in [0.1, 0.15) is 4.47 Å². The molecule has 0 aliphatic rings. The van der Waals surface area contributed by atoms with E-state index in [0.29, 0.717) is 6.07 Å². The molecule has 0 aromatic heterocycles. The maximum Gasteiger partial charge on any atom is 0.416 e. The van der Waals surface area contributed by atoms with Crippen LogP contribution in [0.1, 0.15) is 11.1 Å². The molecular formula is C9H4BrF3N2O2. The Balaban J connectivity index is 3.51. The van der Waals surface area contributed by atoms with Crippen LogP contribution in [0.5, 0.6) is 0 Å². The van der Waals surface area contributed by atoms with Gasteiger partial charge in [0.25, 0.3) is 5.69 Å². The van der Waals surface area contributed by atoms with E-state index in [9.17, 15) is 23.3 Å². The van der Waals surface area contributed by atoms with Crippen LogP contribution in [0.4, 0.5) is 18.9 Å². The summed E-state index contributed by atoms with van der Waals surface area (Å²) in [6.07, 6.45) is -5.21. The summed E-state index contributed by atoms with van der Waals surface area (Å²) in [4.78, 5) is 9.74. The highest BCUT2D eigenvalue weighted by Gasteiger charge is 2.35. The maximum absolute atomic E-state index is 12.6. The van der Waals surface area contributed by atoms with Gasteiger partial charge in [0, 0.05) is 6.07 Å². The van der Waals surface area contributed by atoms with Gasteiger partial charge in [-0.25, -0.2) is 0 Å². The van der Waals surface area contributed by atoms with Gasteiger partial charge < -0.3 is 0 Å². The van der Waals surface area contributed by atoms with E-state index < -0.39 is 34.3 Å². The van der Waals surface area contributed by atoms with Crippen molar-refractivity contribution >= 4 is 21.6 Å². The van der Waals surface area contributed by atoms with Crippen molar-refractivity contribution in [1.29, 1.82) is 5.26 Å². The van der Waals surface area contributed by atoms with E-state index in [0.717, 1.165) is 6.07 Å². The molecule has 0 saturated heterocycles. The van der Waals surface area contributed by atoms with Crippen LogP contribution in [0, 0.1) is 21.4 Å². The molecule has 0 bridgehead atoms. The van der Waals surface area contributed by atoms with Gasteiger partial charge >= 0.3 is 6.18 Å². The molecule has 0 unspecified atom stereocenters. The lowest BCUT2D eigenvalue weighted by Gasteiger charge is -2.12. The SMILES string of the molecule is N#CCc1c(C(F)(F)F)ccc([N+](=O)[O-])c1Br. The molecule has 0 aliphatic heterocycles. The Hall–Kier alpha value is -1.62. The third-order valence-electron chi connectivity index (χ3n) is 1.98. The van der Waals surface area contributed by atoms with Crippen LogP contribution < -0.4 is 0 Å². The molecule has 0 saturated carbocycles. The van der Waals surface area contributed by atoms with Crippen molar-refractivity contribution in [2.24, 2.45) is 0 Å². The molecule has 0 heterocycles. The number of halogens is 4. The average Bonchev–Trinajstić information content (AvgIpc) is 2.18. The Bertz CT molecular complexity index is 508. The van der Waals surface area contributed by atoms with E-state index in [2.05, 4.69) is 15.9 Å². The van der Waals surface area contributed by atoms with Gasteiger partial charge in [0.2, 0.25) is 0 Å². The first-order valence-electron chi connectivity index (χ1n) is 4.19. The van der Waals surface area contributed by atoms with E-state index >= 15 is 0 Å². The van der Waals surface area contributed by atoms with E-state index in [1.807, 2.05) is 0 Å². The van der Waals surface area contributed by atoms with Crippen LogP contribution in [-0.4, -0.2) is 4.92 Å². The summed E-state index contributed by atoms with van der Waals surface area (Å²) in [5.74, 6) is 0. The fourth-order valence-corrected chi connectivity index (χ4v) is 1.90. The lowest BCUT2D eigenvalue weighted by Crippen LogP contribution is -2.10. The first-order valence-corrected chi connectivity index (χ1v) is 4.98. The molecule has 4 nitrogen and oxygen atoms in total. The van der Waals surface area contributed by atoms with E-state index in [1.165, 1.54) is 0 Å². The number of nitro benzene ring substituents is 1. The number of hydrogen-bond donors (Lipinski definition) is 0. The summed E-state index contributed by atoms with van der Waals surface area (Å²) in [6, 6.07) is 2.92. The van der Waals surface area contributed by atoms with Crippen LogP contribution in [0.15, 0.2) is 16.6 Å². The van der Waals surface area contributed by atoms with Gasteiger partial charge in [0.05, 0.1) is 23.0 Å². The zero-order valence-electron chi connectivity index (χ0n) is 8.08. The zero-order chi connectivity index (χ0) is 13.2. The highest BCUT2D eigenvalue weighted by atomic mass is 79.9. The van der Waals surface area contributed by atoms with Crippen LogP contribution in [0.3, 0.4) is 0 Å². The Morgan fingerprint density at radius 2 is 2.06 bits per heavy atom. The van der Waals surface area contributed by atoms with Crippen molar-refractivity contribution in [3.63, 3.8) is 0 Å². The number of nitro groups is 1. The minimum Gasteiger partial charge on any atom is -0.258 e. The van der Waals surface area contributed by atoms with Gasteiger partial charge in [-0.2, -0.15) is 18.4 Å². The summed E-state index contributed by atoms with van der Waals surface area (Å²) in [7, 11) is 0. The van der Waals surface area contributed by atoms with Gasteiger partial charge in [-0.1, -0.05) is 0 Å². The number of benzene rings is 1. The third-order valence-corrected chi connectivity index (χ3v) is 2.87. The predicted octanol–water partition coefficient (Wildman–Crippen LogP) is 3.44. The number of hydrogen-bond acceptors (Lipinski definition) is 3. The smallest absolute Gasteiger partial charge is 0.258 e. The summed E-state index contributed by atoms with van der Waals surface area (Å²) < 4.78 is 37.4. The Morgan fingerprint density at radius 3 is 2.47 bits per heavy atom. The molecule has 1 rings (SSSR count). The summed E-state index contributed by atoms with van der Waals surface area (Å²) in [6.45, 7) is 0. The van der Waals surface area contributed by atoms with Crippen molar-refractivity contribution in [2.75, 3.05) is 0 Å². The molecule has 1 aromatic carbocycles. The lowest BCUT2D eigenvalue weighted by atomic mass is 10.0. The van der Waals surface area contributed by atoms with Crippen molar-refractivity contribution in [3.05, 3.63) is 37.8 Å². The fraction of sp³-hybridized carbons (Fsp3) is 0.222. The van der Waals surface area contributed by atoms with E-state index in [-0.39, 0.29) is 4.47 Å². The molecule has 17 heavy (non-hydrogen) atoms. The normalized spacial score (nSPS) is 11.0. The second-order valence-electron chi connectivity index (χ2n) is 3.01.